The van der Waals surface area contributed by atoms with Crippen molar-refractivity contribution in [1.29, 1.82) is 0 Å². The van der Waals surface area contributed by atoms with Gasteiger partial charge < -0.3 is 13.9 Å². The second kappa shape index (κ2) is 10.0. The maximum absolute atomic E-state index is 12.8. The van der Waals surface area contributed by atoms with Gasteiger partial charge in [0.05, 0.1) is 19.3 Å². The third-order valence-corrected chi connectivity index (χ3v) is 9.71. The molecule has 2 rings (SSSR count). The lowest BCUT2D eigenvalue weighted by atomic mass is 10.00. The molecule has 31 heavy (non-hydrogen) atoms. The highest BCUT2D eigenvalue weighted by atomic mass is 28.4. The SMILES string of the molecule is COC(=O)c1cc(C#CCO[Si](C)(C)C(C)(C)C)ncc1-c1ccccc1OC(F)F. The van der Waals surface area contributed by atoms with Gasteiger partial charge in [-0.25, -0.2) is 9.78 Å². The summed E-state index contributed by atoms with van der Waals surface area (Å²) in [5, 5.41) is 0.0698. The highest BCUT2D eigenvalue weighted by Crippen LogP contribution is 2.36. The predicted molar refractivity (Wildman–Crippen MR) is 118 cm³/mol. The third kappa shape index (κ3) is 6.36. The molecular formula is C23H27F2NO4Si. The third-order valence-electron chi connectivity index (χ3n) is 5.23. The molecule has 0 unspecified atom stereocenters. The molecule has 0 spiro atoms. The molecule has 0 radical (unpaired) electrons. The fourth-order valence-corrected chi connectivity index (χ4v) is 3.33. The number of hydrogen-bond acceptors (Lipinski definition) is 5. The van der Waals surface area contributed by atoms with Crippen molar-refractivity contribution < 1.29 is 27.5 Å². The molecule has 8 heteroatoms. The number of nitrogens with zero attached hydrogens (tertiary/aromatic N) is 1. The molecule has 0 aliphatic rings. The van der Waals surface area contributed by atoms with Gasteiger partial charge in [-0.3, -0.25) is 0 Å². The molecule has 0 aliphatic carbocycles. The van der Waals surface area contributed by atoms with Crippen LogP contribution in [0.3, 0.4) is 0 Å². The fraction of sp³-hybridized carbons (Fsp3) is 0.391. The number of hydrogen-bond donors (Lipinski definition) is 0. The van der Waals surface area contributed by atoms with Gasteiger partial charge >= 0.3 is 12.6 Å². The molecular weight excluding hydrogens is 420 g/mol. The van der Waals surface area contributed by atoms with Gasteiger partial charge in [-0.1, -0.05) is 44.9 Å². The maximum Gasteiger partial charge on any atom is 0.387 e. The summed E-state index contributed by atoms with van der Waals surface area (Å²) in [4.78, 5) is 16.6. The molecule has 0 amide bonds. The molecule has 0 aliphatic heterocycles. The van der Waals surface area contributed by atoms with E-state index in [9.17, 15) is 13.6 Å². The Balaban J connectivity index is 2.36. The molecule has 0 saturated heterocycles. The van der Waals surface area contributed by atoms with Crippen molar-refractivity contribution in [3.63, 3.8) is 0 Å². The number of alkyl halides is 2. The van der Waals surface area contributed by atoms with Crippen molar-refractivity contribution in [1.82, 2.24) is 4.98 Å². The minimum absolute atomic E-state index is 0.0638. The normalized spacial score (nSPS) is 11.6. The van der Waals surface area contributed by atoms with Gasteiger partial charge in [0.1, 0.15) is 11.4 Å². The van der Waals surface area contributed by atoms with Gasteiger partial charge in [-0.05, 0) is 36.2 Å². The van der Waals surface area contributed by atoms with Gasteiger partial charge in [-0.2, -0.15) is 8.78 Å². The zero-order valence-corrected chi connectivity index (χ0v) is 19.6. The first-order valence-corrected chi connectivity index (χ1v) is 12.6. The Bertz CT molecular complexity index is 991. The highest BCUT2D eigenvalue weighted by Gasteiger charge is 2.36. The van der Waals surface area contributed by atoms with Gasteiger partial charge in [0.25, 0.3) is 0 Å². The maximum atomic E-state index is 12.8. The number of para-hydroxylation sites is 1. The summed E-state index contributed by atoms with van der Waals surface area (Å²) in [5.41, 5.74) is 1.11. The Hall–Kier alpha value is -2.76. The van der Waals surface area contributed by atoms with Crippen molar-refractivity contribution in [2.45, 2.75) is 45.5 Å². The van der Waals surface area contributed by atoms with E-state index in [-0.39, 0.29) is 23.0 Å². The smallest absolute Gasteiger partial charge is 0.387 e. The van der Waals surface area contributed by atoms with Crippen molar-refractivity contribution in [2.75, 3.05) is 13.7 Å². The Morgan fingerprint density at radius 2 is 1.87 bits per heavy atom. The van der Waals surface area contributed by atoms with Gasteiger partial charge in [-0.15, -0.1) is 0 Å². The second-order valence-electron chi connectivity index (χ2n) is 8.33. The quantitative estimate of drug-likeness (QED) is 0.332. The van der Waals surface area contributed by atoms with Crippen LogP contribution in [0.5, 0.6) is 5.75 Å². The van der Waals surface area contributed by atoms with E-state index in [1.54, 1.807) is 18.2 Å². The van der Waals surface area contributed by atoms with Crippen LogP contribution in [0.4, 0.5) is 8.78 Å². The average Bonchev–Trinajstić information content (AvgIpc) is 2.70. The van der Waals surface area contributed by atoms with Crippen LogP contribution < -0.4 is 4.74 Å². The monoisotopic (exact) mass is 447 g/mol. The Morgan fingerprint density at radius 1 is 1.19 bits per heavy atom. The van der Waals surface area contributed by atoms with E-state index in [2.05, 4.69) is 55.4 Å². The Kier molecular flexibility index (Phi) is 7.93. The van der Waals surface area contributed by atoms with E-state index in [4.69, 9.17) is 9.16 Å². The molecule has 2 aromatic rings. The summed E-state index contributed by atoms with van der Waals surface area (Å²) < 4.78 is 41.0. The number of aromatic nitrogens is 1. The minimum atomic E-state index is -3.00. The number of methoxy groups -OCH3 is 1. The van der Waals surface area contributed by atoms with Crippen LogP contribution in [0.15, 0.2) is 36.5 Å². The van der Waals surface area contributed by atoms with E-state index >= 15 is 0 Å². The van der Waals surface area contributed by atoms with Crippen LogP contribution in [0.1, 0.15) is 36.8 Å². The summed E-state index contributed by atoms with van der Waals surface area (Å²) in [7, 11) is -0.680. The van der Waals surface area contributed by atoms with Gasteiger partial charge in [0.2, 0.25) is 0 Å². The summed E-state index contributed by atoms with van der Waals surface area (Å²) in [6, 6.07) is 7.66. The fourth-order valence-electron chi connectivity index (χ4n) is 2.46. The van der Waals surface area contributed by atoms with Crippen LogP contribution in [0.25, 0.3) is 11.1 Å². The van der Waals surface area contributed by atoms with Crippen LogP contribution in [0.2, 0.25) is 18.1 Å². The predicted octanol–water partition coefficient (Wildman–Crippen LogP) is 5.51. The molecule has 166 valence electrons. The molecule has 1 aromatic heterocycles. The number of esters is 1. The standard InChI is InChI=1S/C23H27F2NO4Si/c1-23(2,3)31(5,6)29-13-9-10-16-14-18(21(27)28-4)19(15-26-16)17-11-7-8-12-20(17)30-22(24)25/h7-8,11-12,14-15,22H,13H2,1-6H3. The lowest BCUT2D eigenvalue weighted by Gasteiger charge is -2.35. The van der Waals surface area contributed by atoms with Crippen molar-refractivity contribution in [2.24, 2.45) is 0 Å². The molecule has 0 fully saturated rings. The average molecular weight is 448 g/mol. The number of rotatable bonds is 6. The van der Waals surface area contributed by atoms with E-state index in [1.807, 2.05) is 0 Å². The van der Waals surface area contributed by atoms with Crippen molar-refractivity contribution in [3.8, 4) is 28.7 Å². The topological polar surface area (TPSA) is 57.7 Å². The summed E-state index contributed by atoms with van der Waals surface area (Å²) in [6.45, 7) is 7.95. The minimum Gasteiger partial charge on any atom is -0.465 e. The number of halogens is 2. The first kappa shape index (κ1) is 24.5. The largest absolute Gasteiger partial charge is 0.465 e. The molecule has 1 heterocycles. The molecule has 0 bridgehead atoms. The van der Waals surface area contributed by atoms with Crippen LogP contribution in [-0.2, 0) is 9.16 Å². The second-order valence-corrected chi connectivity index (χ2v) is 13.1. The number of carbonyl (C=O) groups is 1. The Labute approximate surface area is 182 Å². The van der Waals surface area contributed by atoms with Gasteiger partial charge in [0.15, 0.2) is 8.32 Å². The van der Waals surface area contributed by atoms with Crippen LogP contribution in [0, 0.1) is 11.8 Å². The van der Waals surface area contributed by atoms with Crippen molar-refractivity contribution >= 4 is 14.3 Å². The van der Waals surface area contributed by atoms with E-state index in [0.717, 1.165) is 0 Å². The van der Waals surface area contributed by atoms with Crippen LogP contribution >= 0.6 is 0 Å². The molecule has 0 N–H and O–H groups in total. The summed E-state index contributed by atoms with van der Waals surface area (Å²) in [6.07, 6.45) is 1.40. The summed E-state index contributed by atoms with van der Waals surface area (Å²) >= 11 is 0. The summed E-state index contributed by atoms with van der Waals surface area (Å²) in [5.74, 6) is 5.13. The lowest BCUT2D eigenvalue weighted by molar-refractivity contribution is -0.0494. The van der Waals surface area contributed by atoms with E-state index in [1.165, 1.54) is 25.4 Å². The zero-order chi connectivity index (χ0) is 23.2. The first-order valence-electron chi connectivity index (χ1n) is 9.71. The van der Waals surface area contributed by atoms with E-state index in [0.29, 0.717) is 16.8 Å². The lowest BCUT2D eigenvalue weighted by Crippen LogP contribution is -2.40. The number of pyridine rings is 1. The van der Waals surface area contributed by atoms with Crippen molar-refractivity contribution in [3.05, 3.63) is 47.8 Å². The molecule has 5 nitrogen and oxygen atoms in total. The highest BCUT2D eigenvalue weighted by molar-refractivity contribution is 6.74. The number of ether oxygens (including phenoxy) is 2. The Morgan fingerprint density at radius 3 is 2.48 bits per heavy atom. The first-order chi connectivity index (χ1) is 14.5. The molecule has 0 atom stereocenters. The van der Waals surface area contributed by atoms with Gasteiger partial charge in [0, 0.05) is 17.3 Å². The number of benzene rings is 1. The number of carbonyl (C=O) groups excluding carboxylic acids is 1. The van der Waals surface area contributed by atoms with Crippen LogP contribution in [-0.4, -0.2) is 39.6 Å². The zero-order valence-electron chi connectivity index (χ0n) is 18.6. The molecule has 0 saturated carbocycles. The van der Waals surface area contributed by atoms with E-state index < -0.39 is 20.9 Å². The molecule has 1 aromatic carbocycles.